The highest BCUT2D eigenvalue weighted by molar-refractivity contribution is 5.87. The van der Waals surface area contributed by atoms with Crippen molar-refractivity contribution in [3.63, 3.8) is 0 Å². The number of piperidine rings is 1. The molecule has 2 aromatic rings. The fourth-order valence-electron chi connectivity index (χ4n) is 4.56. The average Bonchev–Trinajstić information content (AvgIpc) is 2.88. The normalized spacial score (nSPS) is 29.7. The number of nitrogens with zero attached hydrogens (tertiary/aromatic N) is 1. The molecule has 4 rings (SSSR count). The van der Waals surface area contributed by atoms with E-state index in [-0.39, 0.29) is 5.92 Å². The molecule has 4 nitrogen and oxygen atoms in total. The number of fused-ring (bicyclic) bond motifs is 5. The second kappa shape index (κ2) is 5.80. The molecule has 134 valence electrons. The molecule has 0 spiro atoms. The van der Waals surface area contributed by atoms with Gasteiger partial charge in [-0.2, -0.15) is 0 Å². The monoisotopic (exact) mass is 348 g/mol. The molecule has 1 saturated heterocycles. The number of H-pyrrole nitrogens is 1. The largest absolute Gasteiger partial charge is 0.481 e. The van der Waals surface area contributed by atoms with Gasteiger partial charge in [0.25, 0.3) is 0 Å². The molecule has 1 aromatic carbocycles. The number of aromatic nitrogens is 1. The van der Waals surface area contributed by atoms with E-state index in [4.69, 9.17) is 0 Å². The smallest absolute Gasteiger partial charge is 0.312 e. The molecule has 6 heteroatoms. The second-order valence-electron chi connectivity index (χ2n) is 7.64. The zero-order valence-corrected chi connectivity index (χ0v) is 14.1. The quantitative estimate of drug-likeness (QED) is 0.867. The molecule has 0 aliphatic carbocycles. The molecule has 2 aliphatic heterocycles. The van der Waals surface area contributed by atoms with Gasteiger partial charge in [-0.1, -0.05) is 18.2 Å². The summed E-state index contributed by atoms with van der Waals surface area (Å²) >= 11 is 0. The van der Waals surface area contributed by atoms with Crippen molar-refractivity contribution in [3.8, 4) is 0 Å². The van der Waals surface area contributed by atoms with Crippen LogP contribution in [0.1, 0.15) is 36.9 Å². The summed E-state index contributed by atoms with van der Waals surface area (Å²) in [6, 6.07) is 7.74. The van der Waals surface area contributed by atoms with Crippen molar-refractivity contribution in [2.75, 3.05) is 13.1 Å². The Kier molecular flexibility index (Phi) is 3.83. The topological polar surface area (TPSA) is 56.3 Å². The van der Waals surface area contributed by atoms with Crippen molar-refractivity contribution in [1.29, 1.82) is 0 Å². The second-order valence-corrected chi connectivity index (χ2v) is 7.64. The zero-order valence-electron chi connectivity index (χ0n) is 14.1. The summed E-state index contributed by atoms with van der Waals surface area (Å²) in [4.78, 5) is 17.3. The molecule has 25 heavy (non-hydrogen) atoms. The summed E-state index contributed by atoms with van der Waals surface area (Å²) in [6.07, 6.45) is 0.789. The maximum atomic E-state index is 13.9. The molecule has 2 bridgehead atoms. The number of rotatable bonds is 2. The maximum absolute atomic E-state index is 13.9. The van der Waals surface area contributed by atoms with Crippen LogP contribution in [0.25, 0.3) is 10.9 Å². The molecular formula is C19H22F2N2O2. The Hall–Kier alpha value is -1.95. The third kappa shape index (κ3) is 2.92. The van der Waals surface area contributed by atoms with Crippen LogP contribution in [0.3, 0.4) is 0 Å². The van der Waals surface area contributed by atoms with E-state index in [9.17, 15) is 18.7 Å². The number of halogens is 2. The number of hydrogen-bond acceptors (Lipinski definition) is 2. The Morgan fingerprint density at radius 2 is 2.04 bits per heavy atom. The number of alkyl halides is 2. The van der Waals surface area contributed by atoms with E-state index in [2.05, 4.69) is 9.88 Å². The van der Waals surface area contributed by atoms with Gasteiger partial charge in [0.05, 0.1) is 5.92 Å². The van der Waals surface area contributed by atoms with Crippen molar-refractivity contribution < 1.29 is 18.7 Å². The fourth-order valence-corrected chi connectivity index (χ4v) is 4.56. The summed E-state index contributed by atoms with van der Waals surface area (Å²) in [7, 11) is 0. The van der Waals surface area contributed by atoms with Crippen LogP contribution in [0.5, 0.6) is 0 Å². The van der Waals surface area contributed by atoms with E-state index in [0.717, 1.165) is 29.1 Å². The molecule has 3 heterocycles. The van der Waals surface area contributed by atoms with Crippen LogP contribution < -0.4 is 0 Å². The summed E-state index contributed by atoms with van der Waals surface area (Å²) in [5.41, 5.74) is 2.60. The molecule has 4 atom stereocenters. The highest BCUT2D eigenvalue weighted by Crippen LogP contribution is 2.42. The molecule has 1 aromatic heterocycles. The number of hydrogen-bond donors (Lipinski definition) is 2. The van der Waals surface area contributed by atoms with Gasteiger partial charge in [0.15, 0.2) is 0 Å². The van der Waals surface area contributed by atoms with Crippen molar-refractivity contribution in [2.24, 2.45) is 11.8 Å². The van der Waals surface area contributed by atoms with Gasteiger partial charge in [-0.05, 0) is 37.3 Å². The summed E-state index contributed by atoms with van der Waals surface area (Å²) < 4.78 is 27.9. The number of carboxylic acids is 1. The summed E-state index contributed by atoms with van der Waals surface area (Å²) in [6.45, 7) is 2.55. The fraction of sp³-hybridized carbons (Fsp3) is 0.526. The van der Waals surface area contributed by atoms with E-state index < -0.39 is 23.7 Å². The highest BCUT2D eigenvalue weighted by atomic mass is 19.3. The maximum Gasteiger partial charge on any atom is 0.312 e. The summed E-state index contributed by atoms with van der Waals surface area (Å²) in [5, 5.41) is 10.8. The van der Waals surface area contributed by atoms with Gasteiger partial charge in [-0.3, -0.25) is 9.69 Å². The van der Waals surface area contributed by atoms with Crippen LogP contribution in [0.2, 0.25) is 0 Å². The minimum absolute atomic E-state index is 0.0229. The molecule has 2 N–H and O–H groups in total. The number of aromatic amines is 1. The van der Waals surface area contributed by atoms with Gasteiger partial charge in [0.1, 0.15) is 0 Å². The van der Waals surface area contributed by atoms with Crippen molar-refractivity contribution in [1.82, 2.24) is 9.88 Å². The van der Waals surface area contributed by atoms with Gasteiger partial charge in [-0.25, -0.2) is 8.78 Å². The van der Waals surface area contributed by atoms with Gasteiger partial charge in [0.2, 0.25) is 5.92 Å². The molecule has 0 radical (unpaired) electrons. The van der Waals surface area contributed by atoms with E-state index >= 15 is 0 Å². The number of aliphatic carboxylic acids is 1. The Morgan fingerprint density at radius 1 is 1.28 bits per heavy atom. The molecule has 0 saturated carbocycles. The zero-order chi connectivity index (χ0) is 17.8. The van der Waals surface area contributed by atoms with Gasteiger partial charge >= 0.3 is 5.97 Å². The predicted molar refractivity (Wildman–Crippen MR) is 90.8 cm³/mol. The van der Waals surface area contributed by atoms with E-state index in [1.165, 1.54) is 0 Å². The minimum Gasteiger partial charge on any atom is -0.481 e. The molecule has 3 unspecified atom stereocenters. The lowest BCUT2D eigenvalue weighted by Gasteiger charge is -2.42. The number of benzene rings is 1. The van der Waals surface area contributed by atoms with Crippen LogP contribution in [-0.2, 0) is 11.3 Å². The van der Waals surface area contributed by atoms with Gasteiger partial charge in [-0.15, -0.1) is 0 Å². The minimum atomic E-state index is -2.74. The first-order valence-electron chi connectivity index (χ1n) is 8.75. The first kappa shape index (κ1) is 16.5. The highest BCUT2D eigenvalue weighted by Gasteiger charge is 2.43. The van der Waals surface area contributed by atoms with Crippen LogP contribution in [-0.4, -0.2) is 40.0 Å². The van der Waals surface area contributed by atoms with Crippen LogP contribution >= 0.6 is 0 Å². The van der Waals surface area contributed by atoms with Crippen molar-refractivity contribution in [3.05, 3.63) is 35.5 Å². The van der Waals surface area contributed by atoms with E-state index in [0.29, 0.717) is 32.5 Å². The molecule has 0 amide bonds. The van der Waals surface area contributed by atoms with E-state index in [1.807, 2.05) is 24.3 Å². The Balaban J connectivity index is 1.80. The Labute approximate surface area is 144 Å². The SMILES string of the molecule is CC(F)(F)C1CC2C[C@@H](C(=O)O)c3[nH]c4ccccc4c3CN(C2)C1. The van der Waals surface area contributed by atoms with E-state index in [1.54, 1.807) is 0 Å². The predicted octanol–water partition coefficient (Wildman–Crippen LogP) is 3.83. The lowest BCUT2D eigenvalue weighted by molar-refractivity contribution is -0.140. The average molecular weight is 348 g/mol. The van der Waals surface area contributed by atoms with Gasteiger partial charge in [0, 0.05) is 42.1 Å². The van der Waals surface area contributed by atoms with Gasteiger partial charge < -0.3 is 10.1 Å². The molecule has 2 aliphatic rings. The molecular weight excluding hydrogens is 326 g/mol. The summed E-state index contributed by atoms with van der Waals surface area (Å²) in [5.74, 6) is -5.03. The van der Waals surface area contributed by atoms with Crippen LogP contribution in [0.4, 0.5) is 8.78 Å². The number of nitrogens with one attached hydrogen (secondary N) is 1. The van der Waals surface area contributed by atoms with Crippen LogP contribution in [0.15, 0.2) is 24.3 Å². The lowest BCUT2D eigenvalue weighted by Crippen LogP contribution is -2.47. The lowest BCUT2D eigenvalue weighted by atomic mass is 9.78. The Morgan fingerprint density at radius 3 is 2.76 bits per heavy atom. The standard InChI is InChI=1S/C19H22F2N2O2/c1-19(20,21)12-6-11-7-14(18(24)25)17-15(10-23(8-11)9-12)13-4-2-3-5-16(13)22-17/h2-5,11-12,14,22H,6-10H2,1H3,(H,24,25)/t11?,12?,14-/m1/s1. The first-order chi connectivity index (χ1) is 11.8. The number of carbonyl (C=O) groups is 1. The van der Waals surface area contributed by atoms with Crippen molar-refractivity contribution in [2.45, 2.75) is 38.2 Å². The third-order valence-corrected chi connectivity index (χ3v) is 5.77. The Bertz CT molecular complexity index is 811. The number of carboxylic acid groups (broad SMARTS) is 1. The number of para-hydroxylation sites is 1. The first-order valence-corrected chi connectivity index (χ1v) is 8.75. The van der Waals surface area contributed by atoms with Crippen molar-refractivity contribution >= 4 is 16.9 Å². The third-order valence-electron chi connectivity index (χ3n) is 5.77. The van der Waals surface area contributed by atoms with Crippen LogP contribution in [0, 0.1) is 11.8 Å². The molecule has 1 fully saturated rings.